The molecule has 0 aromatic rings. The second kappa shape index (κ2) is 13.3. The van der Waals surface area contributed by atoms with Crippen molar-refractivity contribution in [2.75, 3.05) is 6.61 Å². The van der Waals surface area contributed by atoms with Gasteiger partial charge in [-0.2, -0.15) is 0 Å². The van der Waals surface area contributed by atoms with Crippen molar-refractivity contribution in [1.82, 2.24) is 0 Å². The van der Waals surface area contributed by atoms with Gasteiger partial charge in [-0.05, 0) is 86.9 Å². The highest BCUT2D eigenvalue weighted by Gasteiger charge is 2.57. The van der Waals surface area contributed by atoms with Crippen molar-refractivity contribution in [3.8, 4) is 0 Å². The van der Waals surface area contributed by atoms with Crippen molar-refractivity contribution >= 4 is 42.1 Å². The number of unbranched alkanes of at least 4 members (excludes halogenated alkanes) is 3. The molecule has 224 valence electrons. The Bertz CT molecular complexity index is 617. The van der Waals surface area contributed by atoms with Crippen LogP contribution in [0.15, 0.2) is 0 Å². The fraction of sp³-hybridized carbons (Fsp3) is 1.00. The van der Waals surface area contributed by atoms with Crippen LogP contribution in [0.3, 0.4) is 0 Å². The molecule has 0 unspecified atom stereocenters. The summed E-state index contributed by atoms with van der Waals surface area (Å²) in [5.74, 6) is 0. The Morgan fingerprint density at radius 3 is 1.03 bits per heavy atom. The zero-order valence-electron chi connectivity index (χ0n) is 28.6. The van der Waals surface area contributed by atoms with Crippen LogP contribution in [0.4, 0.5) is 0 Å². The minimum absolute atomic E-state index is 0.105. The molecule has 0 atom stereocenters. The zero-order valence-corrected chi connectivity index (χ0v) is 33.6. The molecule has 0 aliphatic rings. The number of hydrogen-bond acceptors (Lipinski definition) is 4. The highest BCUT2D eigenvalue weighted by Crippen LogP contribution is 2.47. The molecule has 0 spiro atoms. The minimum atomic E-state index is -2.97. The molecule has 0 saturated carbocycles. The van der Waals surface area contributed by atoms with Crippen molar-refractivity contribution in [3.05, 3.63) is 0 Å². The standard InChI is InChI=1S/C28H68O4Si5/c1-19-29-33(11,12)24-22-20-21-23-25-37(30-34(13,14)26(2,3)4,31-35(15,16)27(5,6)7)32-36(17,18)28(8,9)10/h19-25H2,1-18H3. The van der Waals surface area contributed by atoms with Crippen LogP contribution in [0.5, 0.6) is 0 Å². The van der Waals surface area contributed by atoms with Crippen LogP contribution < -0.4 is 0 Å². The Morgan fingerprint density at radius 1 is 0.459 bits per heavy atom. The van der Waals surface area contributed by atoms with Crippen molar-refractivity contribution in [3.63, 3.8) is 0 Å². The van der Waals surface area contributed by atoms with E-state index in [2.05, 4.69) is 122 Å². The molecule has 4 nitrogen and oxygen atoms in total. The first-order valence-electron chi connectivity index (χ1n) is 14.9. The third-order valence-corrected chi connectivity index (χ3v) is 33.5. The van der Waals surface area contributed by atoms with E-state index in [9.17, 15) is 0 Å². The molecule has 0 aromatic carbocycles. The van der Waals surface area contributed by atoms with Crippen LogP contribution in [-0.4, -0.2) is 48.7 Å². The van der Waals surface area contributed by atoms with E-state index in [1.54, 1.807) is 0 Å². The van der Waals surface area contributed by atoms with Crippen LogP contribution in [-0.2, 0) is 16.8 Å². The van der Waals surface area contributed by atoms with Gasteiger partial charge in [0.15, 0.2) is 33.3 Å². The Morgan fingerprint density at radius 2 is 0.757 bits per heavy atom. The van der Waals surface area contributed by atoms with Crippen molar-refractivity contribution in [2.24, 2.45) is 0 Å². The van der Waals surface area contributed by atoms with E-state index in [-0.39, 0.29) is 15.1 Å². The Balaban J connectivity index is 6.19. The summed E-state index contributed by atoms with van der Waals surface area (Å²) < 4.78 is 28.4. The van der Waals surface area contributed by atoms with E-state index in [1.165, 1.54) is 25.3 Å². The van der Waals surface area contributed by atoms with E-state index in [0.29, 0.717) is 0 Å². The van der Waals surface area contributed by atoms with Gasteiger partial charge in [0.25, 0.3) is 0 Å². The predicted molar refractivity (Wildman–Crippen MR) is 178 cm³/mol. The summed E-state index contributed by atoms with van der Waals surface area (Å²) >= 11 is 0. The molecule has 0 aromatic heterocycles. The lowest BCUT2D eigenvalue weighted by atomic mass is 10.2. The highest BCUT2D eigenvalue weighted by atomic mass is 28.5. The summed E-state index contributed by atoms with van der Waals surface area (Å²) in [5, 5.41) is 0.316. The second-order valence-electron chi connectivity index (χ2n) is 16.4. The van der Waals surface area contributed by atoms with Gasteiger partial charge in [0.05, 0.1) is 0 Å². The van der Waals surface area contributed by atoms with E-state index >= 15 is 0 Å². The number of rotatable bonds is 15. The maximum absolute atomic E-state index is 7.43. The molecule has 0 rings (SSSR count). The monoisotopic (exact) mass is 608 g/mol. The lowest BCUT2D eigenvalue weighted by Crippen LogP contribution is -2.65. The Hall–Kier alpha value is 0.924. The average Bonchev–Trinajstić information content (AvgIpc) is 2.60. The molecule has 0 aliphatic carbocycles. The largest absolute Gasteiger partial charge is 0.469 e. The number of hydrogen-bond donors (Lipinski definition) is 0. The molecule has 0 fully saturated rings. The molecular formula is C28H68O4Si5. The zero-order chi connectivity index (χ0) is 29.8. The molecule has 0 amide bonds. The molecule has 9 heteroatoms. The third-order valence-electron chi connectivity index (χ3n) is 9.20. The van der Waals surface area contributed by atoms with Gasteiger partial charge in [-0.1, -0.05) is 81.6 Å². The lowest BCUT2D eigenvalue weighted by Gasteiger charge is -2.52. The summed E-state index contributed by atoms with van der Waals surface area (Å²) in [4.78, 5) is 0. The summed E-state index contributed by atoms with van der Waals surface area (Å²) in [6.45, 7) is 42.9. The van der Waals surface area contributed by atoms with Crippen LogP contribution in [0.1, 0.15) is 94.9 Å². The smallest absolute Gasteiger partial charge is 0.418 e. The fourth-order valence-corrected chi connectivity index (χ4v) is 22.1. The first-order valence-corrected chi connectivity index (χ1v) is 28.7. The second-order valence-corrected chi connectivity index (χ2v) is 38.6. The molecule has 0 bridgehead atoms. The van der Waals surface area contributed by atoms with Gasteiger partial charge in [0.1, 0.15) is 0 Å². The molecule has 0 heterocycles. The summed E-state index contributed by atoms with van der Waals surface area (Å²) in [5.41, 5.74) is 0. The maximum atomic E-state index is 7.43. The molecule has 0 saturated heterocycles. The van der Waals surface area contributed by atoms with Gasteiger partial charge in [0, 0.05) is 12.7 Å². The van der Waals surface area contributed by atoms with Crippen molar-refractivity contribution < 1.29 is 16.8 Å². The summed E-state index contributed by atoms with van der Waals surface area (Å²) in [7, 11) is -10.8. The molecule has 0 aliphatic heterocycles. The minimum Gasteiger partial charge on any atom is -0.418 e. The Labute approximate surface area is 239 Å². The van der Waals surface area contributed by atoms with Crippen molar-refractivity contribution in [2.45, 2.75) is 174 Å². The van der Waals surface area contributed by atoms with Gasteiger partial charge in [-0.25, -0.2) is 0 Å². The van der Waals surface area contributed by atoms with Crippen LogP contribution in [0, 0.1) is 0 Å². The van der Waals surface area contributed by atoms with E-state index in [1.807, 2.05) is 0 Å². The van der Waals surface area contributed by atoms with Crippen LogP contribution >= 0.6 is 0 Å². The van der Waals surface area contributed by atoms with Crippen LogP contribution in [0.2, 0.25) is 79.6 Å². The van der Waals surface area contributed by atoms with Gasteiger partial charge in [0.2, 0.25) is 0 Å². The lowest BCUT2D eigenvalue weighted by molar-refractivity contribution is 0.227. The maximum Gasteiger partial charge on any atom is 0.469 e. The highest BCUT2D eigenvalue weighted by molar-refractivity contribution is 6.92. The third kappa shape index (κ3) is 12.1. The molecule has 37 heavy (non-hydrogen) atoms. The molecule has 0 N–H and O–H groups in total. The van der Waals surface area contributed by atoms with Gasteiger partial charge >= 0.3 is 8.80 Å². The van der Waals surface area contributed by atoms with E-state index in [0.717, 1.165) is 19.1 Å². The quantitative estimate of drug-likeness (QED) is 0.137. The van der Waals surface area contributed by atoms with Gasteiger partial charge in [-0.15, -0.1) is 0 Å². The normalized spacial score (nSPS) is 15.4. The fourth-order valence-electron chi connectivity index (χ4n) is 3.55. The van der Waals surface area contributed by atoms with Gasteiger partial charge in [-0.3, -0.25) is 0 Å². The average molecular weight is 609 g/mol. The topological polar surface area (TPSA) is 36.9 Å². The first-order chi connectivity index (χ1) is 16.1. The summed E-state index contributed by atoms with van der Waals surface area (Å²) in [6, 6.07) is 2.18. The molecular weight excluding hydrogens is 541 g/mol. The van der Waals surface area contributed by atoms with Crippen LogP contribution in [0.25, 0.3) is 0 Å². The summed E-state index contributed by atoms with van der Waals surface area (Å²) in [6.07, 6.45) is 4.81. The van der Waals surface area contributed by atoms with E-state index in [4.69, 9.17) is 16.8 Å². The molecule has 0 radical (unpaired) electrons. The van der Waals surface area contributed by atoms with E-state index < -0.39 is 42.1 Å². The first kappa shape index (κ1) is 37.9. The Kier molecular flexibility index (Phi) is 13.6. The van der Waals surface area contributed by atoms with Gasteiger partial charge < -0.3 is 16.8 Å². The van der Waals surface area contributed by atoms with Crippen molar-refractivity contribution in [1.29, 1.82) is 0 Å². The predicted octanol–water partition coefficient (Wildman–Crippen LogP) is 10.8. The SMILES string of the molecule is CCO[Si](C)(C)CCCCCC[Si](O[Si](C)(C)C(C)(C)C)(O[Si](C)(C)C(C)(C)C)O[Si](C)(C)C(C)(C)C.